The van der Waals surface area contributed by atoms with E-state index in [-0.39, 0.29) is 19.0 Å². The summed E-state index contributed by atoms with van der Waals surface area (Å²) in [5.74, 6) is -0.621. The number of allylic oxidation sites excluding steroid dienone is 4. The van der Waals surface area contributed by atoms with Gasteiger partial charge in [-0.25, -0.2) is 0 Å². The lowest BCUT2D eigenvalue weighted by Gasteiger charge is -2.25. The van der Waals surface area contributed by atoms with Crippen LogP contribution in [0.3, 0.4) is 0 Å². The molecular formula is C18H35NO7P2S. The van der Waals surface area contributed by atoms with Crippen molar-refractivity contribution in [3.63, 3.8) is 0 Å². The first-order valence-corrected chi connectivity index (χ1v) is 14.4. The van der Waals surface area contributed by atoms with Gasteiger partial charge in [0, 0.05) is 12.7 Å². The number of carbonyl (C=O) groups is 1. The Labute approximate surface area is 177 Å². The van der Waals surface area contributed by atoms with Crippen LogP contribution >= 0.6 is 26.7 Å². The molecule has 170 valence electrons. The van der Waals surface area contributed by atoms with E-state index in [4.69, 9.17) is 0 Å². The normalized spacial score (nSPS) is 16.7. The fourth-order valence-corrected chi connectivity index (χ4v) is 6.86. The molecular weight excluding hydrogens is 436 g/mol. The monoisotopic (exact) mass is 471 g/mol. The van der Waals surface area contributed by atoms with Crippen LogP contribution in [0.1, 0.15) is 46.5 Å². The Balaban J connectivity index is 5.02. The SMILES string of the molecule is CSCC[C@H](NCC(P(=O)(O)O)P(=O)(O)CC/C=C(\C)CCC=C(C)C)C(=O)O. The highest BCUT2D eigenvalue weighted by atomic mass is 32.2. The standard InChI is InChI=1S/C18H35NO7P2S/c1-14(2)7-5-8-15(3)9-6-11-27(22,23)17(28(24,25)26)13-19-16(18(20)21)10-12-29-4/h7,9,16-17,19H,5-6,8,10-13H2,1-4H3,(H,20,21)(H,22,23)(H2,24,25,26)/b15-9+/t16-,17?/m0/s1. The van der Waals surface area contributed by atoms with Crippen LogP contribution in [0.25, 0.3) is 0 Å². The Morgan fingerprint density at radius 1 is 1.10 bits per heavy atom. The maximum Gasteiger partial charge on any atom is 0.339 e. The van der Waals surface area contributed by atoms with Gasteiger partial charge < -0.3 is 25.1 Å². The maximum absolute atomic E-state index is 12.7. The third-order valence-electron chi connectivity index (χ3n) is 4.34. The number of carboxylic acid groups (broad SMARTS) is 1. The minimum atomic E-state index is -4.90. The molecule has 0 bridgehead atoms. The molecule has 0 radical (unpaired) electrons. The molecule has 29 heavy (non-hydrogen) atoms. The van der Waals surface area contributed by atoms with Crippen molar-refractivity contribution in [1.29, 1.82) is 0 Å². The second-order valence-electron chi connectivity index (χ2n) is 7.29. The summed E-state index contributed by atoms with van der Waals surface area (Å²) in [7, 11) is -9.12. The van der Waals surface area contributed by atoms with Crippen molar-refractivity contribution in [1.82, 2.24) is 5.32 Å². The Hall–Kier alpha value is -0.400. The summed E-state index contributed by atoms with van der Waals surface area (Å²) in [6.45, 7) is 5.39. The van der Waals surface area contributed by atoms with Gasteiger partial charge in [-0.2, -0.15) is 11.8 Å². The number of carboxylic acids is 1. The van der Waals surface area contributed by atoms with Gasteiger partial charge in [-0.1, -0.05) is 23.3 Å². The molecule has 0 fully saturated rings. The molecule has 5 N–H and O–H groups in total. The molecule has 0 amide bonds. The molecule has 0 aliphatic carbocycles. The Kier molecular flexibility index (Phi) is 13.6. The lowest BCUT2D eigenvalue weighted by molar-refractivity contribution is -0.139. The van der Waals surface area contributed by atoms with Gasteiger partial charge in [0.15, 0.2) is 0 Å². The predicted molar refractivity (Wildman–Crippen MR) is 120 cm³/mol. The lowest BCUT2D eigenvalue weighted by Crippen LogP contribution is -2.41. The Morgan fingerprint density at radius 3 is 2.21 bits per heavy atom. The fourth-order valence-electron chi connectivity index (χ4n) is 2.63. The van der Waals surface area contributed by atoms with Gasteiger partial charge >= 0.3 is 13.6 Å². The van der Waals surface area contributed by atoms with Crippen LogP contribution in [0, 0.1) is 0 Å². The molecule has 8 nitrogen and oxygen atoms in total. The van der Waals surface area contributed by atoms with Gasteiger partial charge in [-0.15, -0.1) is 0 Å². The molecule has 11 heteroatoms. The minimum Gasteiger partial charge on any atom is -0.480 e. The summed E-state index contributed by atoms with van der Waals surface area (Å²) in [5, 5.41) is 9.93. The summed E-state index contributed by atoms with van der Waals surface area (Å²) in [6, 6.07) is -1.03. The van der Waals surface area contributed by atoms with E-state index in [1.54, 1.807) is 0 Å². The van der Waals surface area contributed by atoms with E-state index in [9.17, 15) is 33.7 Å². The Bertz CT molecular complexity index is 671. The first kappa shape index (κ1) is 28.6. The number of hydrogen-bond acceptors (Lipinski definition) is 5. The summed E-state index contributed by atoms with van der Waals surface area (Å²) in [6.07, 6.45) is 7.59. The van der Waals surface area contributed by atoms with Gasteiger partial charge in [0.1, 0.15) is 11.4 Å². The van der Waals surface area contributed by atoms with E-state index in [2.05, 4.69) is 11.4 Å². The van der Waals surface area contributed by atoms with Crippen LogP contribution < -0.4 is 5.32 Å². The van der Waals surface area contributed by atoms with E-state index in [0.29, 0.717) is 5.75 Å². The van der Waals surface area contributed by atoms with Crippen molar-refractivity contribution in [3.8, 4) is 0 Å². The molecule has 3 atom stereocenters. The summed E-state index contributed by atoms with van der Waals surface area (Å²) in [4.78, 5) is 40.8. The van der Waals surface area contributed by atoms with Crippen LogP contribution in [0.5, 0.6) is 0 Å². The molecule has 0 aliphatic heterocycles. The average Bonchev–Trinajstić information content (AvgIpc) is 2.55. The quantitative estimate of drug-likeness (QED) is 0.179. The predicted octanol–water partition coefficient (Wildman–Crippen LogP) is 3.64. The van der Waals surface area contributed by atoms with Gasteiger partial charge in [0.2, 0.25) is 7.37 Å². The first-order valence-electron chi connectivity index (χ1n) is 9.42. The molecule has 0 saturated carbocycles. The van der Waals surface area contributed by atoms with Crippen molar-refractivity contribution in [2.75, 3.05) is 24.7 Å². The van der Waals surface area contributed by atoms with E-state index < -0.39 is 38.9 Å². The van der Waals surface area contributed by atoms with Crippen LogP contribution in [-0.2, 0) is 13.9 Å². The molecule has 0 aromatic heterocycles. The van der Waals surface area contributed by atoms with Crippen LogP contribution in [0.4, 0.5) is 0 Å². The number of thioether (sulfide) groups is 1. The third kappa shape index (κ3) is 12.8. The zero-order valence-electron chi connectivity index (χ0n) is 17.6. The summed E-state index contributed by atoms with van der Waals surface area (Å²) in [5.41, 5.74) is 2.25. The number of rotatable bonds is 15. The molecule has 0 saturated heterocycles. The molecule has 0 aromatic rings. The number of hydrogen-bond donors (Lipinski definition) is 5. The fraction of sp³-hybridized carbons (Fsp3) is 0.722. The average molecular weight is 471 g/mol. The first-order chi connectivity index (χ1) is 13.3. The molecule has 0 aromatic carbocycles. The van der Waals surface area contributed by atoms with E-state index in [1.807, 2.05) is 33.1 Å². The summed E-state index contributed by atoms with van der Waals surface area (Å²) >= 11 is 1.44. The lowest BCUT2D eigenvalue weighted by atomic mass is 10.1. The zero-order chi connectivity index (χ0) is 22.7. The van der Waals surface area contributed by atoms with Crippen molar-refractivity contribution < 1.29 is 33.7 Å². The highest BCUT2D eigenvalue weighted by molar-refractivity contribution is 7.98. The maximum atomic E-state index is 12.7. The highest BCUT2D eigenvalue weighted by Gasteiger charge is 2.43. The largest absolute Gasteiger partial charge is 0.480 e. The van der Waals surface area contributed by atoms with E-state index in [0.717, 1.165) is 18.4 Å². The second kappa shape index (κ2) is 13.8. The number of nitrogens with one attached hydrogen (secondary N) is 1. The van der Waals surface area contributed by atoms with Gasteiger partial charge in [-0.3, -0.25) is 13.9 Å². The summed E-state index contributed by atoms with van der Waals surface area (Å²) < 4.78 is 24.5. The number of aliphatic carboxylic acids is 1. The zero-order valence-corrected chi connectivity index (χ0v) is 20.2. The van der Waals surface area contributed by atoms with Crippen molar-refractivity contribution in [3.05, 3.63) is 23.3 Å². The minimum absolute atomic E-state index is 0.222. The highest BCUT2D eigenvalue weighted by Crippen LogP contribution is 2.62. The van der Waals surface area contributed by atoms with Crippen LogP contribution in [-0.4, -0.2) is 61.9 Å². The van der Waals surface area contributed by atoms with E-state index in [1.165, 1.54) is 17.3 Å². The van der Waals surface area contributed by atoms with Crippen molar-refractivity contribution in [2.45, 2.75) is 57.9 Å². The van der Waals surface area contributed by atoms with Crippen LogP contribution in [0.2, 0.25) is 0 Å². The molecule has 0 rings (SSSR count). The smallest absolute Gasteiger partial charge is 0.339 e. The van der Waals surface area contributed by atoms with Gasteiger partial charge in [0.05, 0.1) is 0 Å². The molecule has 0 aliphatic rings. The molecule has 0 spiro atoms. The Morgan fingerprint density at radius 2 is 1.72 bits per heavy atom. The van der Waals surface area contributed by atoms with Crippen molar-refractivity contribution >= 4 is 32.7 Å². The topological polar surface area (TPSA) is 144 Å². The second-order valence-corrected chi connectivity index (χ2v) is 13.1. The van der Waals surface area contributed by atoms with E-state index >= 15 is 0 Å². The van der Waals surface area contributed by atoms with Gasteiger partial charge in [-0.05, 0) is 58.5 Å². The van der Waals surface area contributed by atoms with Crippen LogP contribution in [0.15, 0.2) is 23.3 Å². The third-order valence-corrected chi connectivity index (χ3v) is 9.94. The molecule has 2 unspecified atom stereocenters. The molecule has 0 heterocycles. The van der Waals surface area contributed by atoms with Crippen molar-refractivity contribution in [2.24, 2.45) is 0 Å². The van der Waals surface area contributed by atoms with Gasteiger partial charge in [0.25, 0.3) is 0 Å².